The fourth-order valence-corrected chi connectivity index (χ4v) is 2.57. The number of benzene rings is 1. The second-order valence-corrected chi connectivity index (χ2v) is 5.34. The number of rotatable bonds is 3. The SMILES string of the molecule is CC(NC(=O)c1ccc(F)cc1C#CCO)c1cccs1. The number of amides is 1. The molecule has 0 radical (unpaired) electrons. The molecule has 0 aliphatic rings. The van der Waals surface area contributed by atoms with Gasteiger partial charge in [-0.15, -0.1) is 11.3 Å². The highest BCUT2D eigenvalue weighted by Gasteiger charge is 2.15. The molecule has 1 unspecified atom stereocenters. The predicted octanol–water partition coefficient (Wildman–Crippen LogP) is 2.72. The minimum Gasteiger partial charge on any atom is -0.384 e. The molecule has 1 heterocycles. The van der Waals surface area contributed by atoms with E-state index in [1.165, 1.54) is 18.2 Å². The van der Waals surface area contributed by atoms with Crippen LogP contribution in [0.5, 0.6) is 0 Å². The van der Waals surface area contributed by atoms with E-state index in [0.717, 1.165) is 4.88 Å². The third-order valence-corrected chi connectivity index (χ3v) is 3.90. The monoisotopic (exact) mass is 303 g/mol. The fourth-order valence-electron chi connectivity index (χ4n) is 1.84. The van der Waals surface area contributed by atoms with E-state index in [1.807, 2.05) is 24.4 Å². The molecule has 1 aromatic heterocycles. The lowest BCUT2D eigenvalue weighted by molar-refractivity contribution is 0.0940. The van der Waals surface area contributed by atoms with Gasteiger partial charge in [0.25, 0.3) is 5.91 Å². The Kier molecular flexibility index (Phi) is 5.09. The van der Waals surface area contributed by atoms with Crippen molar-refractivity contribution in [3.05, 3.63) is 57.5 Å². The predicted molar refractivity (Wildman–Crippen MR) is 80.6 cm³/mol. The first kappa shape index (κ1) is 15.2. The summed E-state index contributed by atoms with van der Waals surface area (Å²) in [6.07, 6.45) is 0. The molecule has 1 atom stereocenters. The lowest BCUT2D eigenvalue weighted by Crippen LogP contribution is -2.26. The van der Waals surface area contributed by atoms with Crippen LogP contribution in [0, 0.1) is 17.7 Å². The fraction of sp³-hybridized carbons (Fsp3) is 0.188. The van der Waals surface area contributed by atoms with Gasteiger partial charge in [0, 0.05) is 10.4 Å². The first-order chi connectivity index (χ1) is 10.1. The molecule has 21 heavy (non-hydrogen) atoms. The maximum atomic E-state index is 13.3. The molecule has 3 nitrogen and oxygen atoms in total. The van der Waals surface area contributed by atoms with Crippen LogP contribution in [0.1, 0.15) is 33.8 Å². The molecule has 2 N–H and O–H groups in total. The quantitative estimate of drug-likeness (QED) is 0.857. The van der Waals surface area contributed by atoms with Gasteiger partial charge in [0.15, 0.2) is 0 Å². The van der Waals surface area contributed by atoms with Crippen molar-refractivity contribution in [1.29, 1.82) is 0 Å². The lowest BCUT2D eigenvalue weighted by atomic mass is 10.1. The maximum Gasteiger partial charge on any atom is 0.253 e. The molecule has 5 heteroatoms. The van der Waals surface area contributed by atoms with E-state index in [9.17, 15) is 9.18 Å². The smallest absolute Gasteiger partial charge is 0.253 e. The van der Waals surface area contributed by atoms with E-state index < -0.39 is 5.82 Å². The van der Waals surface area contributed by atoms with E-state index in [2.05, 4.69) is 17.2 Å². The van der Waals surface area contributed by atoms with Crippen molar-refractivity contribution in [3.63, 3.8) is 0 Å². The zero-order valence-corrected chi connectivity index (χ0v) is 12.2. The van der Waals surface area contributed by atoms with Crippen molar-refractivity contribution in [2.45, 2.75) is 13.0 Å². The average molecular weight is 303 g/mol. The first-order valence-corrected chi connectivity index (χ1v) is 7.23. The van der Waals surface area contributed by atoms with Crippen molar-refractivity contribution in [1.82, 2.24) is 5.32 Å². The van der Waals surface area contributed by atoms with Crippen molar-refractivity contribution in [2.24, 2.45) is 0 Å². The Hall–Kier alpha value is -2.16. The summed E-state index contributed by atoms with van der Waals surface area (Å²) in [4.78, 5) is 13.3. The zero-order chi connectivity index (χ0) is 15.2. The maximum absolute atomic E-state index is 13.3. The van der Waals surface area contributed by atoms with E-state index in [1.54, 1.807) is 11.3 Å². The Balaban J connectivity index is 2.22. The minimum atomic E-state index is -0.472. The third kappa shape index (κ3) is 3.91. The number of hydrogen-bond acceptors (Lipinski definition) is 3. The van der Waals surface area contributed by atoms with Gasteiger partial charge in [-0.3, -0.25) is 4.79 Å². The van der Waals surface area contributed by atoms with Crippen LogP contribution < -0.4 is 5.32 Å². The van der Waals surface area contributed by atoms with Gasteiger partial charge in [-0.05, 0) is 36.6 Å². The van der Waals surface area contributed by atoms with E-state index in [4.69, 9.17) is 5.11 Å². The van der Waals surface area contributed by atoms with Crippen molar-refractivity contribution in [3.8, 4) is 11.8 Å². The number of nitrogens with one attached hydrogen (secondary N) is 1. The van der Waals surface area contributed by atoms with Gasteiger partial charge in [0.1, 0.15) is 12.4 Å². The molecular weight excluding hydrogens is 289 g/mol. The lowest BCUT2D eigenvalue weighted by Gasteiger charge is -2.13. The highest BCUT2D eigenvalue weighted by atomic mass is 32.1. The highest BCUT2D eigenvalue weighted by molar-refractivity contribution is 7.10. The average Bonchev–Trinajstić information content (AvgIpc) is 2.99. The van der Waals surface area contributed by atoms with Gasteiger partial charge in [-0.2, -0.15) is 0 Å². The molecule has 0 aliphatic heterocycles. The number of carbonyl (C=O) groups is 1. The molecule has 0 saturated heterocycles. The van der Waals surface area contributed by atoms with Gasteiger partial charge < -0.3 is 10.4 Å². The van der Waals surface area contributed by atoms with Crippen LogP contribution in [-0.4, -0.2) is 17.6 Å². The van der Waals surface area contributed by atoms with Gasteiger partial charge in [-0.1, -0.05) is 17.9 Å². The summed E-state index contributed by atoms with van der Waals surface area (Å²) >= 11 is 1.55. The van der Waals surface area contributed by atoms with Crippen molar-refractivity contribution < 1.29 is 14.3 Å². The van der Waals surface area contributed by atoms with Gasteiger partial charge in [-0.25, -0.2) is 4.39 Å². The molecule has 108 valence electrons. The first-order valence-electron chi connectivity index (χ1n) is 6.35. The zero-order valence-electron chi connectivity index (χ0n) is 11.4. The van der Waals surface area contributed by atoms with E-state index >= 15 is 0 Å². The minimum absolute atomic E-state index is 0.138. The summed E-state index contributed by atoms with van der Waals surface area (Å²) in [5.74, 6) is 4.23. The number of aliphatic hydroxyl groups is 1. The number of aliphatic hydroxyl groups excluding tert-OH is 1. The van der Waals surface area contributed by atoms with Crippen LogP contribution in [0.2, 0.25) is 0 Å². The molecular formula is C16H14FNO2S. The summed E-state index contributed by atoms with van der Waals surface area (Å²) in [6.45, 7) is 1.54. The van der Waals surface area contributed by atoms with Crippen LogP contribution in [0.15, 0.2) is 35.7 Å². The number of halogens is 1. The summed E-state index contributed by atoms with van der Waals surface area (Å²) in [6, 6.07) is 7.52. The van der Waals surface area contributed by atoms with E-state index in [0.29, 0.717) is 5.56 Å². The second-order valence-electron chi connectivity index (χ2n) is 4.36. The Morgan fingerprint density at radius 3 is 2.95 bits per heavy atom. The van der Waals surface area contributed by atoms with Crippen molar-refractivity contribution in [2.75, 3.05) is 6.61 Å². The van der Waals surface area contributed by atoms with E-state index in [-0.39, 0.29) is 24.1 Å². The van der Waals surface area contributed by atoms with Gasteiger partial charge >= 0.3 is 0 Å². The standard InChI is InChI=1S/C16H14FNO2S/c1-11(15-5-3-9-21-15)18-16(20)14-7-6-13(17)10-12(14)4-2-8-19/h3,5-7,9-11,19H,8H2,1H3,(H,18,20). The summed E-state index contributed by atoms with van der Waals surface area (Å²) in [5, 5.41) is 13.5. The summed E-state index contributed by atoms with van der Waals surface area (Å²) < 4.78 is 13.3. The molecule has 1 amide bonds. The Bertz CT molecular complexity index is 686. The molecule has 2 aromatic rings. The van der Waals surface area contributed by atoms with Crippen LogP contribution in [0.4, 0.5) is 4.39 Å². The number of carbonyl (C=O) groups excluding carboxylic acids is 1. The molecule has 0 saturated carbocycles. The highest BCUT2D eigenvalue weighted by Crippen LogP contribution is 2.19. The molecule has 1 aromatic carbocycles. The van der Waals surface area contributed by atoms with Crippen molar-refractivity contribution >= 4 is 17.2 Å². The summed E-state index contributed by atoms with van der Waals surface area (Å²) in [7, 11) is 0. The van der Waals surface area contributed by atoms with Crippen LogP contribution in [-0.2, 0) is 0 Å². The molecule has 0 spiro atoms. The number of thiophene rings is 1. The van der Waals surface area contributed by atoms with Gasteiger partial charge in [0.2, 0.25) is 0 Å². The third-order valence-electron chi connectivity index (χ3n) is 2.85. The second kappa shape index (κ2) is 7.02. The summed E-state index contributed by atoms with van der Waals surface area (Å²) in [5.41, 5.74) is 0.556. The molecule has 0 bridgehead atoms. The molecule has 2 rings (SSSR count). The van der Waals surface area contributed by atoms with Crippen LogP contribution in [0.3, 0.4) is 0 Å². The van der Waals surface area contributed by atoms with Gasteiger partial charge in [0.05, 0.1) is 11.6 Å². The Morgan fingerprint density at radius 2 is 2.29 bits per heavy atom. The molecule has 0 aliphatic carbocycles. The normalized spacial score (nSPS) is 11.4. The molecule has 0 fully saturated rings. The topological polar surface area (TPSA) is 49.3 Å². The van der Waals surface area contributed by atoms with Crippen LogP contribution >= 0.6 is 11.3 Å². The Morgan fingerprint density at radius 1 is 1.48 bits per heavy atom. The van der Waals surface area contributed by atoms with Crippen LogP contribution in [0.25, 0.3) is 0 Å². The number of hydrogen-bond donors (Lipinski definition) is 2. The Labute approximate surface area is 126 Å². The largest absolute Gasteiger partial charge is 0.384 e.